The molecule has 0 bridgehead atoms. The third kappa shape index (κ3) is 7.10. The summed E-state index contributed by atoms with van der Waals surface area (Å²) in [4.78, 5) is 31.4. The lowest BCUT2D eigenvalue weighted by molar-refractivity contribution is 0.0392. The van der Waals surface area contributed by atoms with Gasteiger partial charge in [0.1, 0.15) is 5.60 Å². The third-order valence-electron chi connectivity index (χ3n) is 3.02. The van der Waals surface area contributed by atoms with E-state index in [-0.39, 0.29) is 10.8 Å². The van der Waals surface area contributed by atoms with Gasteiger partial charge in [-0.1, -0.05) is 6.07 Å². The maximum atomic E-state index is 12.0. The molecular formula is C18H21ClN4O4. The minimum absolute atomic E-state index is 0.0482. The zero-order valence-electron chi connectivity index (χ0n) is 15.4. The molecule has 0 spiro atoms. The maximum Gasteiger partial charge on any atom is 0.412 e. The molecule has 144 valence electrons. The average molecular weight is 393 g/mol. The zero-order chi connectivity index (χ0) is 20.0. The summed E-state index contributed by atoms with van der Waals surface area (Å²) in [6.45, 7) is 7.02. The topological polar surface area (TPSA) is 102 Å². The summed E-state index contributed by atoms with van der Waals surface area (Å²) in [5, 5.41) is 5.71. The minimum atomic E-state index is -0.634. The number of ether oxygens (including phenoxy) is 2. The second kappa shape index (κ2) is 8.68. The highest BCUT2D eigenvalue weighted by Gasteiger charge is 2.17. The van der Waals surface area contributed by atoms with Gasteiger partial charge in [-0.05, 0) is 57.5 Å². The molecular weight excluding hydrogens is 372 g/mol. The summed E-state index contributed by atoms with van der Waals surface area (Å²) in [6, 6.07) is 6.93. The third-order valence-corrected chi connectivity index (χ3v) is 3.21. The average Bonchev–Trinajstić information content (AvgIpc) is 2.53. The first-order chi connectivity index (χ1) is 12.6. The van der Waals surface area contributed by atoms with Gasteiger partial charge in [0.2, 0.25) is 5.28 Å². The summed E-state index contributed by atoms with van der Waals surface area (Å²) in [5.41, 5.74) is 0.789. The predicted molar refractivity (Wildman–Crippen MR) is 102 cm³/mol. The van der Waals surface area contributed by atoms with Crippen LogP contribution in [0.4, 0.5) is 16.2 Å². The number of hydrogen-bond donors (Lipinski definition) is 2. The second-order valence-corrected chi connectivity index (χ2v) is 6.98. The van der Waals surface area contributed by atoms with E-state index in [4.69, 9.17) is 21.1 Å². The zero-order valence-corrected chi connectivity index (χ0v) is 16.2. The Bertz CT molecular complexity index is 806. The Balaban J connectivity index is 1.93. The normalized spacial score (nSPS) is 12.0. The first kappa shape index (κ1) is 20.4. The van der Waals surface area contributed by atoms with E-state index in [9.17, 15) is 9.59 Å². The van der Waals surface area contributed by atoms with Gasteiger partial charge >= 0.3 is 12.1 Å². The molecule has 9 heteroatoms. The van der Waals surface area contributed by atoms with Crippen LogP contribution in [0.5, 0.6) is 0 Å². The molecule has 1 amide bonds. The molecule has 0 fully saturated rings. The summed E-state index contributed by atoms with van der Waals surface area (Å²) in [7, 11) is 0. The van der Waals surface area contributed by atoms with E-state index in [0.717, 1.165) is 0 Å². The number of carbonyl (C=O) groups is 2. The number of nitrogens with zero attached hydrogens (tertiary/aromatic N) is 2. The van der Waals surface area contributed by atoms with Crippen molar-refractivity contribution in [2.45, 2.75) is 39.5 Å². The van der Waals surface area contributed by atoms with Gasteiger partial charge < -0.3 is 14.8 Å². The fraction of sp³-hybridized carbons (Fsp3) is 0.333. The van der Waals surface area contributed by atoms with Crippen molar-refractivity contribution in [3.63, 3.8) is 0 Å². The van der Waals surface area contributed by atoms with Gasteiger partial charge in [0.05, 0.1) is 5.56 Å². The van der Waals surface area contributed by atoms with Crippen LogP contribution >= 0.6 is 11.6 Å². The van der Waals surface area contributed by atoms with Crippen LogP contribution in [0.2, 0.25) is 5.28 Å². The van der Waals surface area contributed by atoms with Crippen LogP contribution in [0.15, 0.2) is 36.7 Å². The van der Waals surface area contributed by atoms with Crippen LogP contribution in [-0.2, 0) is 9.47 Å². The molecule has 0 radical (unpaired) electrons. The summed E-state index contributed by atoms with van der Waals surface area (Å²) in [5.74, 6) is -0.588. The highest BCUT2D eigenvalue weighted by molar-refractivity contribution is 6.28. The molecule has 1 heterocycles. The molecule has 0 aliphatic heterocycles. The molecule has 1 unspecified atom stereocenters. The van der Waals surface area contributed by atoms with Gasteiger partial charge in [-0.15, -0.1) is 0 Å². The van der Waals surface area contributed by atoms with Crippen molar-refractivity contribution in [3.8, 4) is 0 Å². The number of amides is 1. The molecule has 0 aliphatic rings. The highest BCUT2D eigenvalue weighted by atomic mass is 35.5. The molecule has 1 aromatic heterocycles. The lowest BCUT2D eigenvalue weighted by atomic mass is 10.2. The number of aromatic nitrogens is 2. The Morgan fingerprint density at radius 3 is 2.41 bits per heavy atom. The Kier molecular flexibility index (Phi) is 6.57. The minimum Gasteiger partial charge on any atom is -0.444 e. The number of rotatable bonds is 5. The van der Waals surface area contributed by atoms with E-state index in [0.29, 0.717) is 11.4 Å². The SMILES string of the molecule is CC(Nc1cccc(NC(=O)OC(C)(C)C)c1)OC(=O)c1cnc(Cl)nc1. The summed E-state index contributed by atoms with van der Waals surface area (Å²) in [6.07, 6.45) is 1.39. The van der Waals surface area contributed by atoms with Crippen molar-refractivity contribution in [1.82, 2.24) is 9.97 Å². The Hall–Kier alpha value is -2.87. The van der Waals surface area contributed by atoms with Crippen molar-refractivity contribution in [1.29, 1.82) is 0 Å². The number of nitrogens with one attached hydrogen (secondary N) is 2. The molecule has 0 saturated carbocycles. The second-order valence-electron chi connectivity index (χ2n) is 6.64. The van der Waals surface area contributed by atoms with E-state index in [1.807, 2.05) is 0 Å². The van der Waals surface area contributed by atoms with E-state index in [2.05, 4.69) is 20.6 Å². The van der Waals surface area contributed by atoms with Crippen molar-refractivity contribution in [2.24, 2.45) is 0 Å². The van der Waals surface area contributed by atoms with Crippen LogP contribution in [0.1, 0.15) is 38.1 Å². The molecule has 0 saturated heterocycles. The van der Waals surface area contributed by atoms with Gasteiger partial charge in [-0.25, -0.2) is 19.6 Å². The molecule has 2 N–H and O–H groups in total. The molecule has 27 heavy (non-hydrogen) atoms. The van der Waals surface area contributed by atoms with E-state index in [1.165, 1.54) is 12.4 Å². The highest BCUT2D eigenvalue weighted by Crippen LogP contribution is 2.18. The quantitative estimate of drug-likeness (QED) is 0.448. The maximum absolute atomic E-state index is 12.0. The lowest BCUT2D eigenvalue weighted by Crippen LogP contribution is -2.27. The van der Waals surface area contributed by atoms with Crippen molar-refractivity contribution >= 4 is 35.0 Å². The molecule has 8 nitrogen and oxygen atoms in total. The number of benzene rings is 1. The smallest absolute Gasteiger partial charge is 0.412 e. The molecule has 1 aromatic carbocycles. The Morgan fingerprint density at radius 1 is 1.15 bits per heavy atom. The van der Waals surface area contributed by atoms with Crippen molar-refractivity contribution in [3.05, 3.63) is 47.5 Å². The van der Waals surface area contributed by atoms with Crippen LogP contribution in [0.3, 0.4) is 0 Å². The van der Waals surface area contributed by atoms with E-state index in [1.54, 1.807) is 52.0 Å². The number of anilines is 2. The number of carbonyl (C=O) groups excluding carboxylic acids is 2. The first-order valence-corrected chi connectivity index (χ1v) is 8.55. The van der Waals surface area contributed by atoms with Crippen LogP contribution in [0, 0.1) is 0 Å². The van der Waals surface area contributed by atoms with E-state index >= 15 is 0 Å². The van der Waals surface area contributed by atoms with Gasteiger partial charge in [0.15, 0.2) is 6.23 Å². The lowest BCUT2D eigenvalue weighted by Gasteiger charge is -2.20. The van der Waals surface area contributed by atoms with Gasteiger partial charge in [-0.2, -0.15) is 0 Å². The summed E-state index contributed by atoms with van der Waals surface area (Å²) < 4.78 is 10.5. The first-order valence-electron chi connectivity index (χ1n) is 8.17. The fourth-order valence-corrected chi connectivity index (χ4v) is 2.12. The fourth-order valence-electron chi connectivity index (χ4n) is 2.02. The van der Waals surface area contributed by atoms with Gasteiger partial charge in [-0.3, -0.25) is 5.32 Å². The molecule has 0 aliphatic carbocycles. The number of hydrogen-bond acceptors (Lipinski definition) is 7. The predicted octanol–water partition coefficient (Wildman–Crippen LogP) is 4.09. The summed E-state index contributed by atoms with van der Waals surface area (Å²) >= 11 is 5.59. The standard InChI is InChI=1S/C18H21ClN4O4/c1-11(26-15(24)12-9-20-16(19)21-10-12)22-13-6-5-7-14(8-13)23-17(25)27-18(2,3)4/h5-11,22H,1-4H3,(H,23,25). The Labute approximate surface area is 162 Å². The number of esters is 1. The monoisotopic (exact) mass is 392 g/mol. The largest absolute Gasteiger partial charge is 0.444 e. The van der Waals surface area contributed by atoms with E-state index < -0.39 is 23.9 Å². The molecule has 2 rings (SSSR count). The molecule has 1 atom stereocenters. The van der Waals surface area contributed by atoms with Crippen LogP contribution in [0.25, 0.3) is 0 Å². The van der Waals surface area contributed by atoms with Crippen molar-refractivity contribution < 1.29 is 19.1 Å². The molecule has 2 aromatic rings. The number of halogens is 1. The van der Waals surface area contributed by atoms with Gasteiger partial charge in [0.25, 0.3) is 0 Å². The Morgan fingerprint density at radius 2 is 1.78 bits per heavy atom. The van der Waals surface area contributed by atoms with Crippen molar-refractivity contribution in [2.75, 3.05) is 10.6 Å². The van der Waals surface area contributed by atoms with Crippen LogP contribution in [-0.4, -0.2) is 33.9 Å². The van der Waals surface area contributed by atoms with Gasteiger partial charge in [0, 0.05) is 23.8 Å². The van der Waals surface area contributed by atoms with Crippen LogP contribution < -0.4 is 10.6 Å².